The highest BCUT2D eigenvalue weighted by Crippen LogP contribution is 2.25. The quantitative estimate of drug-likeness (QED) is 0.637. The average Bonchev–Trinajstić information content (AvgIpc) is 3.25. The van der Waals surface area contributed by atoms with Gasteiger partial charge in [0.2, 0.25) is 0 Å². The van der Waals surface area contributed by atoms with Crippen molar-refractivity contribution in [1.82, 2.24) is 4.90 Å². The molecule has 0 radical (unpaired) electrons. The number of hydrogen-bond acceptors (Lipinski definition) is 6. The Morgan fingerprint density at radius 1 is 1.09 bits per heavy atom. The fourth-order valence-corrected chi connectivity index (χ4v) is 4.98. The summed E-state index contributed by atoms with van der Waals surface area (Å²) in [7, 11) is -3.19. The molecule has 4 rings (SSSR count). The molecule has 8 heteroatoms. The zero-order valence-corrected chi connectivity index (χ0v) is 20.3. The van der Waals surface area contributed by atoms with Crippen molar-refractivity contribution in [1.29, 1.82) is 0 Å². The van der Waals surface area contributed by atoms with Crippen LogP contribution in [-0.4, -0.2) is 57.5 Å². The topological polar surface area (TPSA) is 76.2 Å². The van der Waals surface area contributed by atoms with Crippen LogP contribution in [0.2, 0.25) is 0 Å². The molecule has 1 unspecified atom stereocenters. The first-order valence-electron chi connectivity index (χ1n) is 11.4. The van der Waals surface area contributed by atoms with Crippen molar-refractivity contribution in [3.8, 4) is 0 Å². The van der Waals surface area contributed by atoms with Crippen molar-refractivity contribution in [2.75, 3.05) is 30.8 Å². The minimum absolute atomic E-state index is 0.119. The van der Waals surface area contributed by atoms with Gasteiger partial charge in [-0.3, -0.25) is 0 Å². The highest BCUT2D eigenvalue weighted by Gasteiger charge is 2.25. The lowest BCUT2D eigenvalue weighted by Crippen LogP contribution is -2.37. The number of ether oxygens (including phenoxy) is 2. The van der Waals surface area contributed by atoms with Gasteiger partial charge in [0.25, 0.3) is 0 Å². The van der Waals surface area contributed by atoms with E-state index in [0.717, 1.165) is 42.7 Å². The summed E-state index contributed by atoms with van der Waals surface area (Å²) in [4.78, 5) is 16.6. The second-order valence-electron chi connectivity index (χ2n) is 9.14. The third-order valence-corrected chi connectivity index (χ3v) is 7.27. The summed E-state index contributed by atoms with van der Waals surface area (Å²) in [6.07, 6.45) is 2.72. The fraction of sp³-hybridized carbons (Fsp3) is 0.480. The van der Waals surface area contributed by atoms with Crippen LogP contribution in [0.3, 0.4) is 0 Å². The SMILES string of the molecule is CC(C)OC(=O)N1CCc2ccc(COC3CCN(c4ccc(S(C)(=O)=O)cc4)C3)cc2C1. The van der Waals surface area contributed by atoms with Crippen molar-refractivity contribution in [2.45, 2.75) is 56.9 Å². The maximum Gasteiger partial charge on any atom is 0.410 e. The van der Waals surface area contributed by atoms with Gasteiger partial charge in [0.15, 0.2) is 9.84 Å². The van der Waals surface area contributed by atoms with Gasteiger partial charge in [-0.05, 0) is 67.6 Å². The van der Waals surface area contributed by atoms with Gasteiger partial charge in [-0.15, -0.1) is 0 Å². The molecule has 178 valence electrons. The minimum atomic E-state index is -3.19. The van der Waals surface area contributed by atoms with E-state index in [1.54, 1.807) is 17.0 Å². The maximum atomic E-state index is 12.3. The zero-order chi connectivity index (χ0) is 23.6. The van der Waals surface area contributed by atoms with Gasteiger partial charge in [-0.2, -0.15) is 0 Å². The molecule has 0 saturated carbocycles. The lowest BCUT2D eigenvalue weighted by Gasteiger charge is -2.29. The molecule has 0 N–H and O–H groups in total. The molecule has 2 heterocycles. The van der Waals surface area contributed by atoms with Crippen LogP contribution in [0.5, 0.6) is 0 Å². The Balaban J connectivity index is 1.32. The lowest BCUT2D eigenvalue weighted by atomic mass is 9.98. The Morgan fingerprint density at radius 2 is 1.85 bits per heavy atom. The van der Waals surface area contributed by atoms with Crippen molar-refractivity contribution < 1.29 is 22.7 Å². The van der Waals surface area contributed by atoms with E-state index in [1.165, 1.54) is 11.8 Å². The summed E-state index contributed by atoms with van der Waals surface area (Å²) in [6.45, 7) is 7.14. The highest BCUT2D eigenvalue weighted by atomic mass is 32.2. The van der Waals surface area contributed by atoms with Gasteiger partial charge in [0.05, 0.1) is 23.7 Å². The van der Waals surface area contributed by atoms with Gasteiger partial charge in [-0.25, -0.2) is 13.2 Å². The predicted molar refractivity (Wildman–Crippen MR) is 127 cm³/mol. The Hall–Kier alpha value is -2.58. The number of carbonyl (C=O) groups excluding carboxylic acids is 1. The van der Waals surface area contributed by atoms with E-state index >= 15 is 0 Å². The molecule has 2 aliphatic rings. The molecule has 0 bridgehead atoms. The monoisotopic (exact) mass is 472 g/mol. The van der Waals surface area contributed by atoms with Crippen molar-refractivity contribution >= 4 is 21.6 Å². The minimum Gasteiger partial charge on any atom is -0.447 e. The third-order valence-electron chi connectivity index (χ3n) is 6.14. The van der Waals surface area contributed by atoms with Gasteiger partial charge < -0.3 is 19.3 Å². The largest absolute Gasteiger partial charge is 0.447 e. The lowest BCUT2D eigenvalue weighted by molar-refractivity contribution is 0.0552. The maximum absolute atomic E-state index is 12.3. The van der Waals surface area contributed by atoms with E-state index in [4.69, 9.17) is 9.47 Å². The number of amides is 1. The van der Waals surface area contributed by atoms with Crippen LogP contribution in [0.4, 0.5) is 10.5 Å². The molecule has 2 aromatic carbocycles. The van der Waals surface area contributed by atoms with E-state index in [9.17, 15) is 13.2 Å². The van der Waals surface area contributed by atoms with Gasteiger partial charge in [0, 0.05) is 38.1 Å². The van der Waals surface area contributed by atoms with Gasteiger partial charge >= 0.3 is 6.09 Å². The average molecular weight is 473 g/mol. The van der Waals surface area contributed by atoms with Crippen molar-refractivity contribution in [3.63, 3.8) is 0 Å². The standard InChI is InChI=1S/C25H32N2O5S/c1-18(2)32-25(28)27-12-10-20-5-4-19(14-21(20)15-27)17-31-23-11-13-26(16-23)22-6-8-24(9-7-22)33(3,29)30/h4-9,14,18,23H,10-13,15-17H2,1-3H3. The molecule has 1 amide bonds. The van der Waals surface area contributed by atoms with Crippen LogP contribution in [0, 0.1) is 0 Å². The second kappa shape index (κ2) is 9.73. The summed E-state index contributed by atoms with van der Waals surface area (Å²) in [5.74, 6) is 0. The molecule has 1 saturated heterocycles. The van der Waals surface area contributed by atoms with Crippen molar-refractivity contribution in [2.24, 2.45) is 0 Å². The number of rotatable bonds is 6. The molecular weight excluding hydrogens is 440 g/mol. The van der Waals surface area contributed by atoms with Crippen molar-refractivity contribution in [3.05, 3.63) is 59.2 Å². The number of fused-ring (bicyclic) bond motifs is 1. The molecule has 2 aromatic rings. The van der Waals surface area contributed by atoms with E-state index in [0.29, 0.717) is 24.6 Å². The number of carbonyl (C=O) groups is 1. The van der Waals surface area contributed by atoms with E-state index in [1.807, 2.05) is 26.0 Å². The second-order valence-corrected chi connectivity index (χ2v) is 11.2. The summed E-state index contributed by atoms with van der Waals surface area (Å²) in [6, 6.07) is 13.4. The van der Waals surface area contributed by atoms with E-state index in [2.05, 4.69) is 23.1 Å². The Labute approximate surface area is 196 Å². The van der Waals surface area contributed by atoms with Crippen LogP contribution in [0.1, 0.15) is 37.0 Å². The normalized spacial score (nSPS) is 18.5. The molecule has 0 aliphatic carbocycles. The van der Waals surface area contributed by atoms with Crippen LogP contribution < -0.4 is 4.90 Å². The van der Waals surface area contributed by atoms with Crippen LogP contribution in [0.15, 0.2) is 47.4 Å². The first-order valence-corrected chi connectivity index (χ1v) is 13.3. The Bertz CT molecular complexity index is 1100. The van der Waals surface area contributed by atoms with Crippen LogP contribution in [0.25, 0.3) is 0 Å². The summed E-state index contributed by atoms with van der Waals surface area (Å²) < 4.78 is 34.9. The molecule has 1 atom stereocenters. The number of sulfone groups is 1. The molecule has 2 aliphatic heterocycles. The first-order chi connectivity index (χ1) is 15.7. The third kappa shape index (κ3) is 5.86. The molecule has 0 spiro atoms. The van der Waals surface area contributed by atoms with Crippen LogP contribution >= 0.6 is 0 Å². The number of anilines is 1. The molecule has 0 aromatic heterocycles. The molecular formula is C25H32N2O5S. The zero-order valence-electron chi connectivity index (χ0n) is 19.5. The predicted octanol–water partition coefficient (Wildman–Crippen LogP) is 3.79. The van der Waals surface area contributed by atoms with Gasteiger partial charge in [-0.1, -0.05) is 18.2 Å². The molecule has 1 fully saturated rings. The molecule has 33 heavy (non-hydrogen) atoms. The number of nitrogens with zero attached hydrogens (tertiary/aromatic N) is 2. The van der Waals surface area contributed by atoms with Crippen LogP contribution in [-0.2, 0) is 38.9 Å². The van der Waals surface area contributed by atoms with E-state index < -0.39 is 9.84 Å². The van der Waals surface area contributed by atoms with E-state index in [-0.39, 0.29) is 18.3 Å². The highest BCUT2D eigenvalue weighted by molar-refractivity contribution is 7.90. The fourth-order valence-electron chi connectivity index (χ4n) is 4.35. The number of benzene rings is 2. The Kier molecular flexibility index (Phi) is 6.95. The Morgan fingerprint density at radius 3 is 2.55 bits per heavy atom. The number of hydrogen-bond donors (Lipinski definition) is 0. The van der Waals surface area contributed by atoms with Gasteiger partial charge in [0.1, 0.15) is 0 Å². The molecule has 7 nitrogen and oxygen atoms in total. The summed E-state index contributed by atoms with van der Waals surface area (Å²) >= 11 is 0. The summed E-state index contributed by atoms with van der Waals surface area (Å²) in [5, 5.41) is 0. The summed E-state index contributed by atoms with van der Waals surface area (Å²) in [5.41, 5.74) is 4.54. The smallest absolute Gasteiger partial charge is 0.410 e. The first kappa shape index (κ1) is 23.6.